The van der Waals surface area contributed by atoms with E-state index in [9.17, 15) is 19.8 Å². The number of benzene rings is 1. The highest BCUT2D eigenvalue weighted by Crippen LogP contribution is 2.33. The second kappa shape index (κ2) is 6.20. The van der Waals surface area contributed by atoms with Crippen LogP contribution in [0.3, 0.4) is 0 Å². The van der Waals surface area contributed by atoms with Crippen molar-refractivity contribution in [2.75, 3.05) is 6.54 Å². The van der Waals surface area contributed by atoms with Crippen molar-refractivity contribution >= 4 is 12.1 Å². The molecule has 0 bridgehead atoms. The number of hydrogen-bond acceptors (Lipinski definition) is 4. The average Bonchev–Trinajstić information content (AvgIpc) is 2.43. The van der Waals surface area contributed by atoms with Crippen LogP contribution in [0.25, 0.3) is 0 Å². The van der Waals surface area contributed by atoms with Crippen molar-refractivity contribution in [1.82, 2.24) is 4.90 Å². The van der Waals surface area contributed by atoms with Crippen molar-refractivity contribution in [3.63, 3.8) is 0 Å². The molecule has 1 heterocycles. The summed E-state index contributed by atoms with van der Waals surface area (Å²) < 4.78 is 5.33. The highest BCUT2D eigenvalue weighted by atomic mass is 16.6. The quantitative estimate of drug-likeness (QED) is 0.873. The van der Waals surface area contributed by atoms with Gasteiger partial charge in [0.15, 0.2) is 6.04 Å². The summed E-state index contributed by atoms with van der Waals surface area (Å²) in [6.07, 6.45) is -0.0769. The molecule has 1 amide bonds. The van der Waals surface area contributed by atoms with Gasteiger partial charge >= 0.3 is 12.1 Å². The minimum atomic E-state index is -1.11. The summed E-state index contributed by atoms with van der Waals surface area (Å²) in [7, 11) is 0. The molecular formula is C17H23NO5. The Labute approximate surface area is 135 Å². The molecule has 1 aliphatic rings. The number of fused-ring (bicyclic) bond motifs is 1. The van der Waals surface area contributed by atoms with E-state index < -0.39 is 23.7 Å². The van der Waals surface area contributed by atoms with Crippen LogP contribution in [0.15, 0.2) is 12.1 Å². The highest BCUT2D eigenvalue weighted by Gasteiger charge is 2.38. The zero-order chi connectivity index (χ0) is 17.4. The molecule has 126 valence electrons. The molecule has 1 unspecified atom stereocenters. The van der Waals surface area contributed by atoms with Gasteiger partial charge in [-0.1, -0.05) is 12.1 Å². The molecule has 2 N–H and O–H groups in total. The van der Waals surface area contributed by atoms with E-state index >= 15 is 0 Å². The number of ether oxygens (including phenoxy) is 1. The zero-order valence-corrected chi connectivity index (χ0v) is 13.9. The molecule has 0 aliphatic carbocycles. The molecule has 23 heavy (non-hydrogen) atoms. The molecule has 6 heteroatoms. The zero-order valence-electron chi connectivity index (χ0n) is 13.9. The third-order valence-electron chi connectivity index (χ3n) is 3.86. The number of nitrogens with zero attached hydrogens (tertiary/aromatic N) is 1. The van der Waals surface area contributed by atoms with Crippen LogP contribution >= 0.6 is 0 Å². The number of aliphatic hydroxyl groups excluding tert-OH is 1. The summed E-state index contributed by atoms with van der Waals surface area (Å²) in [5.41, 5.74) is 2.34. The number of aliphatic carboxylic acids is 1. The van der Waals surface area contributed by atoms with E-state index in [0.717, 1.165) is 11.1 Å². The van der Waals surface area contributed by atoms with Crippen LogP contribution in [0.1, 0.15) is 49.1 Å². The van der Waals surface area contributed by atoms with Crippen molar-refractivity contribution in [2.24, 2.45) is 0 Å². The smallest absolute Gasteiger partial charge is 0.411 e. The predicted octanol–water partition coefficient (Wildman–Crippen LogP) is 2.41. The molecule has 0 spiro atoms. The molecule has 1 aromatic rings. The highest BCUT2D eigenvalue weighted by molar-refractivity contribution is 5.83. The van der Waals surface area contributed by atoms with Crippen LogP contribution < -0.4 is 0 Å². The molecule has 0 radical (unpaired) electrons. The standard InChI is InChI=1S/C17H23NO5/c1-10-7-11-5-6-18(16(22)23-17(2,3)4)14(15(20)21)13(11)8-12(10)9-19/h7-8,14,19H,5-6,9H2,1-4H3,(H,20,21). The van der Waals surface area contributed by atoms with E-state index in [1.807, 2.05) is 13.0 Å². The third-order valence-corrected chi connectivity index (χ3v) is 3.86. The van der Waals surface area contributed by atoms with Gasteiger partial charge in [-0.25, -0.2) is 9.59 Å². The maximum atomic E-state index is 12.4. The van der Waals surface area contributed by atoms with Gasteiger partial charge in [0.1, 0.15) is 5.60 Å². The lowest BCUT2D eigenvalue weighted by Crippen LogP contribution is -2.45. The molecule has 2 rings (SSSR count). The number of aryl methyl sites for hydroxylation is 1. The van der Waals surface area contributed by atoms with Gasteiger partial charge in [0, 0.05) is 6.54 Å². The minimum Gasteiger partial charge on any atom is -0.479 e. The normalized spacial score (nSPS) is 17.6. The Morgan fingerprint density at radius 1 is 1.35 bits per heavy atom. The molecule has 0 fully saturated rings. The minimum absolute atomic E-state index is 0.169. The number of carbonyl (C=O) groups excluding carboxylic acids is 1. The maximum absolute atomic E-state index is 12.4. The molecule has 0 saturated heterocycles. The predicted molar refractivity (Wildman–Crippen MR) is 84.1 cm³/mol. The van der Waals surface area contributed by atoms with Crippen molar-refractivity contribution in [3.05, 3.63) is 34.4 Å². The van der Waals surface area contributed by atoms with Crippen LogP contribution in [-0.4, -0.2) is 39.3 Å². The van der Waals surface area contributed by atoms with Crippen molar-refractivity contribution < 1.29 is 24.5 Å². The van der Waals surface area contributed by atoms with Crippen LogP contribution in [-0.2, 0) is 22.6 Å². The Morgan fingerprint density at radius 2 is 2.00 bits per heavy atom. The van der Waals surface area contributed by atoms with Gasteiger partial charge in [-0.3, -0.25) is 4.90 Å². The van der Waals surface area contributed by atoms with E-state index in [1.165, 1.54) is 4.90 Å². The number of amides is 1. The Kier molecular flexibility index (Phi) is 4.66. The van der Waals surface area contributed by atoms with Gasteiger partial charge in [0.05, 0.1) is 6.61 Å². The molecule has 6 nitrogen and oxygen atoms in total. The molecule has 1 aliphatic heterocycles. The number of carboxylic acids is 1. The Morgan fingerprint density at radius 3 is 2.52 bits per heavy atom. The first-order valence-electron chi connectivity index (χ1n) is 7.59. The van der Waals surface area contributed by atoms with Crippen molar-refractivity contribution in [1.29, 1.82) is 0 Å². The summed E-state index contributed by atoms with van der Waals surface area (Å²) in [5.74, 6) is -1.11. The number of carboxylic acid groups (broad SMARTS) is 1. The van der Waals surface area contributed by atoms with Gasteiger partial charge in [0.2, 0.25) is 0 Å². The summed E-state index contributed by atoms with van der Waals surface area (Å²) in [5, 5.41) is 19.0. The topological polar surface area (TPSA) is 87.1 Å². The lowest BCUT2D eigenvalue weighted by atomic mass is 9.89. The number of rotatable bonds is 2. The lowest BCUT2D eigenvalue weighted by molar-refractivity contribution is -0.143. The molecule has 1 atom stereocenters. The summed E-state index contributed by atoms with van der Waals surface area (Å²) >= 11 is 0. The third kappa shape index (κ3) is 3.64. The number of hydrogen-bond donors (Lipinski definition) is 2. The van der Waals surface area contributed by atoms with E-state index in [2.05, 4.69) is 0 Å². The van der Waals surface area contributed by atoms with Gasteiger partial charge in [-0.2, -0.15) is 0 Å². The fraction of sp³-hybridized carbons (Fsp3) is 0.529. The van der Waals surface area contributed by atoms with E-state index in [1.54, 1.807) is 26.8 Å². The fourth-order valence-corrected chi connectivity index (χ4v) is 2.79. The van der Waals surface area contributed by atoms with Crippen LogP contribution in [0.2, 0.25) is 0 Å². The van der Waals surface area contributed by atoms with Gasteiger partial charge in [-0.15, -0.1) is 0 Å². The van der Waals surface area contributed by atoms with Gasteiger partial charge in [-0.05, 0) is 56.4 Å². The maximum Gasteiger partial charge on any atom is 0.411 e. The van der Waals surface area contributed by atoms with Crippen molar-refractivity contribution in [2.45, 2.75) is 52.4 Å². The molecular weight excluding hydrogens is 298 g/mol. The second-order valence-electron chi connectivity index (χ2n) is 6.80. The van der Waals surface area contributed by atoms with E-state index in [-0.39, 0.29) is 13.2 Å². The summed E-state index contributed by atoms with van der Waals surface area (Å²) in [6.45, 7) is 7.22. The first-order valence-corrected chi connectivity index (χ1v) is 7.59. The van der Waals surface area contributed by atoms with Crippen LogP contribution in [0, 0.1) is 6.92 Å². The number of carbonyl (C=O) groups is 2. The largest absolute Gasteiger partial charge is 0.479 e. The SMILES string of the molecule is Cc1cc2c(cc1CO)C(C(=O)O)N(C(=O)OC(C)(C)C)CC2. The molecule has 0 saturated carbocycles. The Hall–Kier alpha value is -2.08. The molecule has 1 aromatic carbocycles. The first kappa shape index (κ1) is 17.3. The number of aliphatic hydroxyl groups is 1. The van der Waals surface area contributed by atoms with Crippen LogP contribution in [0.5, 0.6) is 0 Å². The summed E-state index contributed by atoms with van der Waals surface area (Å²) in [4.78, 5) is 25.4. The Bertz CT molecular complexity index is 633. The average molecular weight is 321 g/mol. The Balaban J connectivity index is 2.43. The van der Waals surface area contributed by atoms with Crippen molar-refractivity contribution in [3.8, 4) is 0 Å². The molecule has 0 aromatic heterocycles. The summed E-state index contributed by atoms with van der Waals surface area (Å²) in [6, 6.07) is 2.47. The fourth-order valence-electron chi connectivity index (χ4n) is 2.79. The van der Waals surface area contributed by atoms with Gasteiger partial charge < -0.3 is 14.9 Å². The lowest BCUT2D eigenvalue weighted by Gasteiger charge is -2.36. The van der Waals surface area contributed by atoms with E-state index in [0.29, 0.717) is 17.5 Å². The second-order valence-corrected chi connectivity index (χ2v) is 6.80. The van der Waals surface area contributed by atoms with E-state index in [4.69, 9.17) is 4.74 Å². The van der Waals surface area contributed by atoms with Crippen LogP contribution in [0.4, 0.5) is 4.79 Å². The first-order chi connectivity index (χ1) is 10.6. The van der Waals surface area contributed by atoms with Gasteiger partial charge in [0.25, 0.3) is 0 Å². The monoisotopic (exact) mass is 321 g/mol.